The molecule has 0 aliphatic rings. The van der Waals surface area contributed by atoms with Crippen LogP contribution in [0.2, 0.25) is 0 Å². The molecule has 2 atom stereocenters. The first-order valence-electron chi connectivity index (χ1n) is 10.7. The third kappa shape index (κ3) is 13.2. The zero-order valence-electron chi connectivity index (χ0n) is 18.4. The Kier molecular flexibility index (Phi) is 13.3. The van der Waals surface area contributed by atoms with Crippen LogP contribution < -0.4 is 16.4 Å². The van der Waals surface area contributed by atoms with E-state index in [1.165, 1.54) is 11.8 Å². The fraction of sp³-hybridized carbons (Fsp3) is 0.500. The number of carboxylic acid groups (broad SMARTS) is 2. The van der Waals surface area contributed by atoms with Crippen LogP contribution >= 0.6 is 11.8 Å². The van der Waals surface area contributed by atoms with Crippen molar-refractivity contribution in [2.24, 2.45) is 5.73 Å². The van der Waals surface area contributed by atoms with Gasteiger partial charge in [0.1, 0.15) is 12.1 Å². The highest BCUT2D eigenvalue weighted by molar-refractivity contribution is 8.13. The smallest absolute Gasteiger partial charge is 0.326 e. The molecule has 1 rings (SSSR count). The fourth-order valence-electron chi connectivity index (χ4n) is 3.07. The Balaban J connectivity index is 2.50. The summed E-state index contributed by atoms with van der Waals surface area (Å²) < 4.78 is 0. The highest BCUT2D eigenvalue weighted by atomic mass is 32.2. The zero-order chi connectivity index (χ0) is 24.6. The molecule has 0 spiro atoms. The van der Waals surface area contributed by atoms with Gasteiger partial charge in [-0.1, -0.05) is 61.4 Å². The molecule has 0 aromatic heterocycles. The van der Waals surface area contributed by atoms with Crippen molar-refractivity contribution in [2.45, 2.75) is 63.5 Å². The van der Waals surface area contributed by atoms with Gasteiger partial charge in [0, 0.05) is 18.6 Å². The van der Waals surface area contributed by atoms with Gasteiger partial charge in [-0.3, -0.25) is 19.8 Å². The molecule has 10 nitrogen and oxygen atoms in total. The van der Waals surface area contributed by atoms with Crippen LogP contribution in [0.15, 0.2) is 30.3 Å². The number of nitrogens with one attached hydrogen (secondary N) is 3. The van der Waals surface area contributed by atoms with Gasteiger partial charge in [-0.05, 0) is 18.4 Å². The summed E-state index contributed by atoms with van der Waals surface area (Å²) in [5.41, 5.74) is 5.96. The number of unbranched alkanes of at least 4 members (excludes halogenated alkanes) is 4. The number of amidine groups is 1. The molecular formula is C22H32N4O6S. The van der Waals surface area contributed by atoms with Crippen molar-refractivity contribution in [3.8, 4) is 0 Å². The Bertz CT molecular complexity index is 805. The lowest BCUT2D eigenvalue weighted by atomic mass is 10.0. The lowest BCUT2D eigenvalue weighted by Gasteiger charge is -2.20. The Morgan fingerprint density at radius 2 is 1.58 bits per heavy atom. The molecule has 0 saturated heterocycles. The number of thioether (sulfide) groups is 1. The second-order valence-corrected chi connectivity index (χ2v) is 8.67. The summed E-state index contributed by atoms with van der Waals surface area (Å²) in [6, 6.07) is 6.10. The molecular weight excluding hydrogens is 448 g/mol. The van der Waals surface area contributed by atoms with Crippen LogP contribution in [0.3, 0.4) is 0 Å². The van der Waals surface area contributed by atoms with Gasteiger partial charge in [0.15, 0.2) is 5.17 Å². The molecule has 1 aromatic carbocycles. The Hall–Kier alpha value is -3.08. The third-order valence-corrected chi connectivity index (χ3v) is 5.54. The Morgan fingerprint density at radius 1 is 0.939 bits per heavy atom. The van der Waals surface area contributed by atoms with Crippen LogP contribution in [-0.2, 0) is 25.6 Å². The normalized spacial score (nSPS) is 12.4. The molecule has 7 N–H and O–H groups in total. The van der Waals surface area contributed by atoms with Crippen LogP contribution in [-0.4, -0.2) is 57.0 Å². The number of hydrogen-bond acceptors (Lipinski definition) is 6. The van der Waals surface area contributed by atoms with Crippen molar-refractivity contribution in [1.82, 2.24) is 10.6 Å². The number of aliphatic carboxylic acids is 2. The van der Waals surface area contributed by atoms with E-state index in [2.05, 4.69) is 10.6 Å². The summed E-state index contributed by atoms with van der Waals surface area (Å²) in [5.74, 6) is -3.07. The molecule has 182 valence electrons. The summed E-state index contributed by atoms with van der Waals surface area (Å²) in [6.45, 7) is 0. The van der Waals surface area contributed by atoms with E-state index < -0.39 is 42.3 Å². The molecule has 0 radical (unpaired) electrons. The molecule has 0 unspecified atom stereocenters. The van der Waals surface area contributed by atoms with Crippen molar-refractivity contribution in [2.75, 3.05) is 5.75 Å². The van der Waals surface area contributed by atoms with E-state index in [1.54, 1.807) is 30.3 Å². The maximum Gasteiger partial charge on any atom is 0.326 e. The summed E-state index contributed by atoms with van der Waals surface area (Å²) in [5, 5.41) is 30.5. The molecule has 0 aliphatic carbocycles. The van der Waals surface area contributed by atoms with E-state index in [9.17, 15) is 24.3 Å². The van der Waals surface area contributed by atoms with Gasteiger partial charge >= 0.3 is 11.9 Å². The molecule has 0 heterocycles. The van der Waals surface area contributed by atoms with E-state index in [0.717, 1.165) is 31.4 Å². The highest BCUT2D eigenvalue weighted by Gasteiger charge is 2.28. The van der Waals surface area contributed by atoms with E-state index in [-0.39, 0.29) is 18.0 Å². The second-order valence-electron chi connectivity index (χ2n) is 7.54. The average molecular weight is 481 g/mol. The standard InChI is InChI=1S/C22H32N4O6S/c23-22(24)33-12-8-3-1-2-7-11-18(27)25-16(14-19(28)29)20(30)26-17(21(31)32)13-15-9-5-4-6-10-15/h4-6,9-10,16-17H,1-3,7-8,11-14H2,(H3,23,24)(H,25,27)(H,26,30)(H,28,29)(H,31,32)/t16-,17-/m0/s1. The van der Waals surface area contributed by atoms with Gasteiger partial charge in [-0.15, -0.1) is 0 Å². The van der Waals surface area contributed by atoms with Crippen molar-refractivity contribution >= 4 is 40.7 Å². The van der Waals surface area contributed by atoms with E-state index in [0.29, 0.717) is 12.0 Å². The van der Waals surface area contributed by atoms with Gasteiger partial charge in [0.2, 0.25) is 11.8 Å². The van der Waals surface area contributed by atoms with Gasteiger partial charge < -0.3 is 26.6 Å². The predicted octanol–water partition coefficient (Wildman–Crippen LogP) is 1.73. The first-order chi connectivity index (χ1) is 15.7. The van der Waals surface area contributed by atoms with Crippen LogP contribution in [0.5, 0.6) is 0 Å². The predicted molar refractivity (Wildman–Crippen MR) is 126 cm³/mol. The number of rotatable bonds is 16. The minimum Gasteiger partial charge on any atom is -0.481 e. The van der Waals surface area contributed by atoms with Crippen molar-refractivity contribution in [1.29, 1.82) is 5.41 Å². The number of carbonyl (C=O) groups is 4. The third-order valence-electron chi connectivity index (χ3n) is 4.73. The minimum absolute atomic E-state index is 0.0283. The molecule has 0 bridgehead atoms. The summed E-state index contributed by atoms with van der Waals surface area (Å²) in [7, 11) is 0. The molecule has 0 saturated carbocycles. The number of amides is 2. The quantitative estimate of drug-likeness (QED) is 0.117. The maximum atomic E-state index is 12.6. The zero-order valence-corrected chi connectivity index (χ0v) is 19.2. The first-order valence-corrected chi connectivity index (χ1v) is 11.7. The van der Waals surface area contributed by atoms with Crippen LogP contribution in [0.4, 0.5) is 0 Å². The summed E-state index contributed by atoms with van der Waals surface area (Å²) in [6.07, 6.45) is 3.67. The number of nitrogens with two attached hydrogens (primary N) is 1. The Labute approximate surface area is 197 Å². The van der Waals surface area contributed by atoms with Gasteiger partial charge in [-0.2, -0.15) is 0 Å². The fourth-order valence-corrected chi connectivity index (χ4v) is 3.64. The number of carboxylic acids is 2. The maximum absolute atomic E-state index is 12.6. The summed E-state index contributed by atoms with van der Waals surface area (Å²) in [4.78, 5) is 47.5. The lowest BCUT2D eigenvalue weighted by molar-refractivity contribution is -0.143. The molecule has 33 heavy (non-hydrogen) atoms. The molecule has 0 fully saturated rings. The monoisotopic (exact) mass is 480 g/mol. The number of carbonyl (C=O) groups excluding carboxylic acids is 2. The van der Waals surface area contributed by atoms with E-state index >= 15 is 0 Å². The van der Waals surface area contributed by atoms with Crippen molar-refractivity contribution in [3.05, 3.63) is 35.9 Å². The SMILES string of the molecule is N=C(N)SCCCCCCCC(=O)N[C@@H](CC(=O)O)C(=O)N[C@@H](Cc1ccccc1)C(=O)O. The largest absolute Gasteiger partial charge is 0.481 e. The van der Waals surface area contributed by atoms with Crippen LogP contribution in [0.25, 0.3) is 0 Å². The van der Waals surface area contributed by atoms with E-state index in [1.807, 2.05) is 0 Å². The van der Waals surface area contributed by atoms with Crippen LogP contribution in [0.1, 0.15) is 50.5 Å². The van der Waals surface area contributed by atoms with Gasteiger partial charge in [0.05, 0.1) is 6.42 Å². The average Bonchev–Trinajstić information content (AvgIpc) is 2.74. The van der Waals surface area contributed by atoms with Crippen molar-refractivity contribution in [3.63, 3.8) is 0 Å². The lowest BCUT2D eigenvalue weighted by Crippen LogP contribution is -2.52. The topological polar surface area (TPSA) is 183 Å². The molecule has 11 heteroatoms. The van der Waals surface area contributed by atoms with Gasteiger partial charge in [0.25, 0.3) is 0 Å². The molecule has 0 aliphatic heterocycles. The number of benzene rings is 1. The number of hydrogen-bond donors (Lipinski definition) is 6. The van der Waals surface area contributed by atoms with E-state index in [4.69, 9.17) is 16.2 Å². The highest BCUT2D eigenvalue weighted by Crippen LogP contribution is 2.10. The first kappa shape index (κ1) is 28.0. The Morgan fingerprint density at radius 3 is 2.18 bits per heavy atom. The second kappa shape index (κ2) is 15.7. The molecule has 2 amide bonds. The minimum atomic E-state index is -1.36. The van der Waals surface area contributed by atoms with Gasteiger partial charge in [-0.25, -0.2) is 4.79 Å². The van der Waals surface area contributed by atoms with Crippen LogP contribution in [0, 0.1) is 5.41 Å². The summed E-state index contributed by atoms with van der Waals surface area (Å²) >= 11 is 1.29. The van der Waals surface area contributed by atoms with Crippen molar-refractivity contribution < 1.29 is 29.4 Å². The molecule has 1 aromatic rings.